The number of carbonyl (C=O) groups excluding carboxylic acids is 2. The number of hydrogen-bond acceptors (Lipinski definition) is 6. The van der Waals surface area contributed by atoms with Gasteiger partial charge in [0, 0.05) is 57.8 Å². The molecule has 0 saturated heterocycles. The number of amides is 2. The molecule has 0 fully saturated rings. The molecule has 34 heavy (non-hydrogen) atoms. The van der Waals surface area contributed by atoms with E-state index in [1.54, 1.807) is 19.2 Å². The maximum absolute atomic E-state index is 12.6. The molecule has 2 amide bonds. The Labute approximate surface area is 199 Å². The van der Waals surface area contributed by atoms with Crippen LogP contribution >= 0.6 is 0 Å². The van der Waals surface area contributed by atoms with Crippen molar-refractivity contribution in [3.63, 3.8) is 0 Å². The van der Waals surface area contributed by atoms with E-state index in [-0.39, 0.29) is 17.6 Å². The van der Waals surface area contributed by atoms with E-state index in [9.17, 15) is 9.59 Å². The molecule has 1 aliphatic heterocycles. The SMILES string of the molecule is COCc1ccc(C(=O)NCc2c(C)ncc3c2CCN(Cc2ccc(NC(C)=O)cc2)C3)o1. The van der Waals surface area contributed by atoms with Crippen LogP contribution in [-0.4, -0.2) is 35.4 Å². The highest BCUT2D eigenvalue weighted by molar-refractivity contribution is 5.91. The van der Waals surface area contributed by atoms with Crippen LogP contribution in [-0.2, 0) is 42.2 Å². The lowest BCUT2D eigenvalue weighted by Crippen LogP contribution is -2.32. The largest absolute Gasteiger partial charge is 0.453 e. The van der Waals surface area contributed by atoms with Gasteiger partial charge in [-0.3, -0.25) is 19.5 Å². The van der Waals surface area contributed by atoms with Crippen molar-refractivity contribution in [2.45, 2.75) is 46.5 Å². The average molecular weight is 463 g/mol. The average Bonchev–Trinajstić information content (AvgIpc) is 3.28. The Morgan fingerprint density at radius 1 is 1.18 bits per heavy atom. The Morgan fingerprint density at radius 2 is 1.97 bits per heavy atom. The third-order valence-electron chi connectivity index (χ3n) is 5.95. The fraction of sp³-hybridized carbons (Fsp3) is 0.346. The molecule has 2 N–H and O–H groups in total. The van der Waals surface area contributed by atoms with Crippen LogP contribution < -0.4 is 10.6 Å². The zero-order chi connectivity index (χ0) is 24.1. The summed E-state index contributed by atoms with van der Waals surface area (Å²) >= 11 is 0. The van der Waals surface area contributed by atoms with E-state index in [1.807, 2.05) is 37.4 Å². The second-order valence-corrected chi connectivity index (χ2v) is 8.55. The summed E-state index contributed by atoms with van der Waals surface area (Å²) in [7, 11) is 1.58. The summed E-state index contributed by atoms with van der Waals surface area (Å²) in [6.07, 6.45) is 2.85. The maximum Gasteiger partial charge on any atom is 0.287 e. The fourth-order valence-corrected chi connectivity index (χ4v) is 4.28. The first-order chi connectivity index (χ1) is 16.4. The van der Waals surface area contributed by atoms with Crippen LogP contribution in [0.25, 0.3) is 0 Å². The number of carbonyl (C=O) groups is 2. The third kappa shape index (κ3) is 5.70. The fourth-order valence-electron chi connectivity index (χ4n) is 4.28. The quantitative estimate of drug-likeness (QED) is 0.531. The molecule has 0 atom stereocenters. The first-order valence-corrected chi connectivity index (χ1v) is 11.3. The number of hydrogen-bond donors (Lipinski definition) is 2. The number of ether oxygens (including phenoxy) is 1. The zero-order valence-electron chi connectivity index (χ0n) is 19.8. The van der Waals surface area contributed by atoms with Crippen molar-refractivity contribution in [1.29, 1.82) is 0 Å². The molecular formula is C26H30N4O4. The number of methoxy groups -OCH3 is 1. The van der Waals surface area contributed by atoms with Crippen LogP contribution in [0.3, 0.4) is 0 Å². The van der Waals surface area contributed by atoms with Gasteiger partial charge in [-0.25, -0.2) is 0 Å². The summed E-state index contributed by atoms with van der Waals surface area (Å²) in [5, 5.41) is 5.77. The number of nitrogens with zero attached hydrogens (tertiary/aromatic N) is 2. The number of anilines is 1. The molecule has 1 aliphatic rings. The Hall–Kier alpha value is -3.49. The lowest BCUT2D eigenvalue weighted by atomic mass is 9.94. The number of aromatic nitrogens is 1. The van der Waals surface area contributed by atoms with Crippen LogP contribution in [0, 0.1) is 6.92 Å². The molecule has 8 heteroatoms. The van der Waals surface area contributed by atoms with E-state index < -0.39 is 0 Å². The Kier molecular flexibility index (Phi) is 7.40. The summed E-state index contributed by atoms with van der Waals surface area (Å²) < 4.78 is 10.6. The van der Waals surface area contributed by atoms with Crippen molar-refractivity contribution in [3.05, 3.63) is 82.1 Å². The molecule has 178 valence electrons. The zero-order valence-corrected chi connectivity index (χ0v) is 19.8. The van der Waals surface area contributed by atoms with Crippen molar-refractivity contribution in [2.24, 2.45) is 0 Å². The van der Waals surface area contributed by atoms with Crippen molar-refractivity contribution < 1.29 is 18.7 Å². The third-order valence-corrected chi connectivity index (χ3v) is 5.95. The van der Waals surface area contributed by atoms with Crippen molar-refractivity contribution in [1.82, 2.24) is 15.2 Å². The Balaban J connectivity index is 1.39. The lowest BCUT2D eigenvalue weighted by molar-refractivity contribution is -0.114. The summed E-state index contributed by atoms with van der Waals surface area (Å²) in [4.78, 5) is 30.7. The number of aryl methyl sites for hydroxylation is 1. The molecule has 2 aromatic heterocycles. The van der Waals surface area contributed by atoms with Crippen molar-refractivity contribution in [2.75, 3.05) is 19.0 Å². The lowest BCUT2D eigenvalue weighted by Gasteiger charge is -2.30. The number of nitrogens with one attached hydrogen (secondary N) is 2. The second kappa shape index (κ2) is 10.6. The highest BCUT2D eigenvalue weighted by atomic mass is 16.5. The predicted molar refractivity (Wildman–Crippen MR) is 128 cm³/mol. The van der Waals surface area contributed by atoms with Gasteiger partial charge in [-0.1, -0.05) is 12.1 Å². The minimum atomic E-state index is -0.250. The van der Waals surface area contributed by atoms with Crippen LogP contribution in [0.2, 0.25) is 0 Å². The molecule has 0 spiro atoms. The van der Waals surface area contributed by atoms with Gasteiger partial charge >= 0.3 is 0 Å². The second-order valence-electron chi connectivity index (χ2n) is 8.55. The van der Waals surface area contributed by atoms with Gasteiger partial charge in [-0.05, 0) is 59.9 Å². The standard InChI is InChI=1S/C26H30N4O4/c1-17-24(13-28-26(32)25-9-8-22(34-25)16-33-3)23-10-11-30(15-20(23)12-27-17)14-19-4-6-21(7-5-19)29-18(2)31/h4-9,12H,10-11,13-16H2,1-3H3,(H,28,32)(H,29,31). The van der Waals surface area contributed by atoms with Gasteiger partial charge in [0.2, 0.25) is 5.91 Å². The summed E-state index contributed by atoms with van der Waals surface area (Å²) in [6.45, 7) is 6.77. The van der Waals surface area contributed by atoms with E-state index in [2.05, 4.69) is 20.5 Å². The summed E-state index contributed by atoms with van der Waals surface area (Å²) in [6, 6.07) is 11.4. The molecular weight excluding hydrogens is 432 g/mol. The maximum atomic E-state index is 12.6. The summed E-state index contributed by atoms with van der Waals surface area (Å²) in [5.74, 6) is 0.570. The van der Waals surface area contributed by atoms with Gasteiger partial charge in [-0.15, -0.1) is 0 Å². The molecule has 0 radical (unpaired) electrons. The molecule has 8 nitrogen and oxygen atoms in total. The number of rotatable bonds is 8. The molecule has 3 aromatic rings. The first-order valence-electron chi connectivity index (χ1n) is 11.3. The Bertz CT molecular complexity index is 1170. The van der Waals surface area contributed by atoms with Gasteiger partial charge in [-0.2, -0.15) is 0 Å². The van der Waals surface area contributed by atoms with Crippen molar-refractivity contribution in [3.8, 4) is 0 Å². The smallest absolute Gasteiger partial charge is 0.287 e. The highest BCUT2D eigenvalue weighted by Crippen LogP contribution is 2.25. The van der Waals surface area contributed by atoms with E-state index >= 15 is 0 Å². The number of furan rings is 1. The summed E-state index contributed by atoms with van der Waals surface area (Å²) in [5.41, 5.74) is 6.46. The molecule has 1 aromatic carbocycles. The molecule has 0 saturated carbocycles. The van der Waals surface area contributed by atoms with E-state index in [1.165, 1.54) is 23.6 Å². The van der Waals surface area contributed by atoms with Gasteiger partial charge in [0.1, 0.15) is 12.4 Å². The minimum absolute atomic E-state index is 0.0739. The predicted octanol–water partition coefficient (Wildman–Crippen LogP) is 3.58. The van der Waals surface area contributed by atoms with Crippen LogP contribution in [0.1, 0.15) is 51.2 Å². The molecule has 0 aliphatic carbocycles. The normalized spacial score (nSPS) is 13.4. The van der Waals surface area contributed by atoms with Crippen LogP contribution in [0.5, 0.6) is 0 Å². The minimum Gasteiger partial charge on any atom is -0.453 e. The van der Waals surface area contributed by atoms with Crippen molar-refractivity contribution >= 4 is 17.5 Å². The number of benzene rings is 1. The molecule has 3 heterocycles. The van der Waals surface area contributed by atoms with Crippen LogP contribution in [0.4, 0.5) is 5.69 Å². The number of pyridine rings is 1. The van der Waals surface area contributed by atoms with E-state index in [4.69, 9.17) is 9.15 Å². The topological polar surface area (TPSA) is 96.7 Å². The highest BCUT2D eigenvalue weighted by Gasteiger charge is 2.22. The first kappa shape index (κ1) is 23.7. The van der Waals surface area contributed by atoms with Crippen LogP contribution in [0.15, 0.2) is 47.0 Å². The van der Waals surface area contributed by atoms with Gasteiger partial charge < -0.3 is 19.8 Å². The van der Waals surface area contributed by atoms with Gasteiger partial charge in [0.15, 0.2) is 5.76 Å². The van der Waals surface area contributed by atoms with E-state index in [0.717, 1.165) is 43.0 Å². The van der Waals surface area contributed by atoms with Gasteiger partial charge in [0.05, 0.1) is 0 Å². The van der Waals surface area contributed by atoms with Gasteiger partial charge in [0.25, 0.3) is 5.91 Å². The number of fused-ring (bicyclic) bond motifs is 1. The molecule has 4 rings (SSSR count). The van der Waals surface area contributed by atoms with E-state index in [0.29, 0.717) is 18.9 Å². The molecule has 0 bridgehead atoms. The monoisotopic (exact) mass is 462 g/mol. The Morgan fingerprint density at radius 3 is 2.71 bits per heavy atom. The molecule has 0 unspecified atom stereocenters.